The van der Waals surface area contributed by atoms with Gasteiger partial charge >= 0.3 is 6.03 Å². The molecule has 1 aromatic carbocycles. The molecule has 150 valence electrons. The largest absolute Gasteiger partial charge is 0.368 e. The van der Waals surface area contributed by atoms with E-state index in [0.29, 0.717) is 44.0 Å². The number of carbonyl (C=O) groups excluding carboxylic acids is 3. The fourth-order valence-electron chi connectivity index (χ4n) is 4.32. The van der Waals surface area contributed by atoms with E-state index in [0.717, 1.165) is 31.6 Å². The summed E-state index contributed by atoms with van der Waals surface area (Å²) in [5.41, 5.74) is 1.08. The number of halogens is 1. The first kappa shape index (κ1) is 19.1. The number of nitrogens with zero attached hydrogens (tertiary/aromatic N) is 4. The molecule has 0 N–H and O–H groups in total. The van der Waals surface area contributed by atoms with Gasteiger partial charge in [-0.3, -0.25) is 14.5 Å². The van der Waals surface area contributed by atoms with Crippen molar-refractivity contribution in [1.82, 2.24) is 14.7 Å². The smallest absolute Gasteiger partial charge is 0.327 e. The monoisotopic (exact) mass is 404 g/mol. The predicted octanol–water partition coefficient (Wildman–Crippen LogP) is 2.20. The second-order valence-electron chi connectivity index (χ2n) is 7.58. The summed E-state index contributed by atoms with van der Waals surface area (Å²) >= 11 is 6.06. The van der Waals surface area contributed by atoms with E-state index in [2.05, 4.69) is 4.90 Å². The third kappa shape index (κ3) is 3.68. The Morgan fingerprint density at radius 1 is 1.11 bits per heavy atom. The number of amides is 4. The minimum atomic E-state index is -0.261. The van der Waals surface area contributed by atoms with Gasteiger partial charge in [0.1, 0.15) is 6.04 Å². The van der Waals surface area contributed by atoms with Crippen LogP contribution in [0.5, 0.6) is 0 Å². The van der Waals surface area contributed by atoms with Crippen LogP contribution >= 0.6 is 11.6 Å². The van der Waals surface area contributed by atoms with Crippen molar-refractivity contribution in [3.63, 3.8) is 0 Å². The molecule has 8 heteroatoms. The van der Waals surface area contributed by atoms with Crippen LogP contribution in [0.15, 0.2) is 24.3 Å². The van der Waals surface area contributed by atoms with Crippen LogP contribution in [0.1, 0.15) is 25.7 Å². The van der Waals surface area contributed by atoms with Gasteiger partial charge < -0.3 is 14.7 Å². The Kier molecular flexibility index (Phi) is 5.44. The predicted molar refractivity (Wildman–Crippen MR) is 106 cm³/mol. The van der Waals surface area contributed by atoms with Crippen LogP contribution in [0.25, 0.3) is 0 Å². The maximum atomic E-state index is 12.5. The van der Waals surface area contributed by atoms with Crippen LogP contribution in [-0.4, -0.2) is 77.9 Å². The number of imide groups is 1. The fourth-order valence-corrected chi connectivity index (χ4v) is 4.51. The number of rotatable bonds is 5. The summed E-state index contributed by atoms with van der Waals surface area (Å²) in [7, 11) is 0. The highest BCUT2D eigenvalue weighted by molar-refractivity contribution is 6.30. The molecule has 0 aromatic heterocycles. The normalized spacial score (nSPS) is 22.2. The number of piperazine rings is 1. The van der Waals surface area contributed by atoms with E-state index in [1.165, 1.54) is 4.90 Å². The van der Waals surface area contributed by atoms with Gasteiger partial charge in [0, 0.05) is 56.4 Å². The quantitative estimate of drug-likeness (QED) is 0.706. The molecule has 3 aliphatic rings. The van der Waals surface area contributed by atoms with Crippen molar-refractivity contribution in [3.8, 4) is 0 Å². The topological polar surface area (TPSA) is 64.2 Å². The van der Waals surface area contributed by atoms with Gasteiger partial charge in [-0.25, -0.2) is 4.79 Å². The van der Waals surface area contributed by atoms with Crippen molar-refractivity contribution in [2.45, 2.75) is 31.7 Å². The van der Waals surface area contributed by atoms with E-state index in [-0.39, 0.29) is 23.9 Å². The van der Waals surface area contributed by atoms with Gasteiger partial charge in [-0.15, -0.1) is 0 Å². The molecular formula is C20H25ClN4O3. The Morgan fingerprint density at radius 2 is 1.89 bits per heavy atom. The Labute approximate surface area is 169 Å². The lowest BCUT2D eigenvalue weighted by Gasteiger charge is -2.36. The standard InChI is InChI=1S/C20H25ClN4O3/c21-15-4-1-5-16(14-15)22-10-12-23(13-11-22)18(26)7-3-9-25-19(27)17-6-2-8-24(17)20(25)28/h1,4-5,14,17H,2-3,6-13H2. The van der Waals surface area contributed by atoms with Crippen LogP contribution in [0.4, 0.5) is 10.5 Å². The third-order valence-corrected chi connectivity index (χ3v) is 6.09. The average Bonchev–Trinajstić information content (AvgIpc) is 3.27. The highest BCUT2D eigenvalue weighted by Gasteiger charge is 2.46. The van der Waals surface area contributed by atoms with E-state index in [9.17, 15) is 14.4 Å². The molecule has 3 heterocycles. The fraction of sp³-hybridized carbons (Fsp3) is 0.550. The summed E-state index contributed by atoms with van der Waals surface area (Å²) < 4.78 is 0. The number of anilines is 1. The molecule has 0 aliphatic carbocycles. The molecular weight excluding hydrogens is 380 g/mol. The summed E-state index contributed by atoms with van der Waals surface area (Å²) in [6.07, 6.45) is 2.54. The second kappa shape index (κ2) is 7.99. The van der Waals surface area contributed by atoms with Crippen LogP contribution in [-0.2, 0) is 9.59 Å². The van der Waals surface area contributed by atoms with Crippen LogP contribution in [0.3, 0.4) is 0 Å². The van der Waals surface area contributed by atoms with Crippen molar-refractivity contribution in [2.24, 2.45) is 0 Å². The van der Waals surface area contributed by atoms with E-state index >= 15 is 0 Å². The Bertz CT molecular complexity index is 756. The minimum absolute atomic E-state index is 0.0883. The number of carbonyl (C=O) groups is 3. The maximum Gasteiger partial charge on any atom is 0.327 e. The molecule has 1 atom stereocenters. The zero-order valence-corrected chi connectivity index (χ0v) is 16.6. The van der Waals surface area contributed by atoms with Crippen molar-refractivity contribution < 1.29 is 14.4 Å². The molecule has 0 radical (unpaired) electrons. The first-order chi connectivity index (χ1) is 13.5. The highest BCUT2D eigenvalue weighted by Crippen LogP contribution is 2.27. The van der Waals surface area contributed by atoms with E-state index in [4.69, 9.17) is 11.6 Å². The Balaban J connectivity index is 1.22. The van der Waals surface area contributed by atoms with Crippen molar-refractivity contribution in [1.29, 1.82) is 0 Å². The molecule has 0 saturated carbocycles. The molecule has 1 unspecified atom stereocenters. The average molecular weight is 405 g/mol. The molecule has 3 fully saturated rings. The zero-order valence-electron chi connectivity index (χ0n) is 15.8. The molecule has 1 aromatic rings. The Morgan fingerprint density at radius 3 is 2.61 bits per heavy atom. The van der Waals surface area contributed by atoms with Gasteiger partial charge in [0.25, 0.3) is 5.91 Å². The Hall–Kier alpha value is -2.28. The number of fused-ring (bicyclic) bond motifs is 1. The molecule has 3 saturated heterocycles. The molecule has 28 heavy (non-hydrogen) atoms. The van der Waals surface area contributed by atoms with E-state index in [1.807, 2.05) is 29.2 Å². The first-order valence-electron chi connectivity index (χ1n) is 9.95. The maximum absolute atomic E-state index is 12.5. The van der Waals surface area contributed by atoms with E-state index < -0.39 is 0 Å². The lowest BCUT2D eigenvalue weighted by atomic mass is 10.2. The van der Waals surface area contributed by atoms with Gasteiger partial charge in [0.15, 0.2) is 0 Å². The summed E-state index contributed by atoms with van der Waals surface area (Å²) in [6.45, 7) is 3.88. The number of urea groups is 1. The van der Waals surface area contributed by atoms with Gasteiger partial charge in [-0.2, -0.15) is 0 Å². The second-order valence-corrected chi connectivity index (χ2v) is 8.01. The number of benzene rings is 1. The van der Waals surface area contributed by atoms with Gasteiger partial charge in [-0.1, -0.05) is 17.7 Å². The lowest BCUT2D eigenvalue weighted by molar-refractivity contribution is -0.132. The van der Waals surface area contributed by atoms with Crippen LogP contribution in [0.2, 0.25) is 5.02 Å². The van der Waals surface area contributed by atoms with Crippen molar-refractivity contribution >= 4 is 35.1 Å². The summed E-state index contributed by atoms with van der Waals surface area (Å²) in [5.74, 6) is -0.00424. The first-order valence-corrected chi connectivity index (χ1v) is 10.3. The number of hydrogen-bond donors (Lipinski definition) is 0. The van der Waals surface area contributed by atoms with Gasteiger partial charge in [0.2, 0.25) is 5.91 Å². The molecule has 0 bridgehead atoms. The summed E-state index contributed by atoms with van der Waals surface area (Å²) in [6, 6.07) is 7.30. The van der Waals surface area contributed by atoms with Gasteiger partial charge in [0.05, 0.1) is 0 Å². The molecule has 7 nitrogen and oxygen atoms in total. The highest BCUT2D eigenvalue weighted by atomic mass is 35.5. The summed E-state index contributed by atoms with van der Waals surface area (Å²) in [5, 5.41) is 0.711. The minimum Gasteiger partial charge on any atom is -0.368 e. The van der Waals surface area contributed by atoms with Crippen molar-refractivity contribution in [2.75, 3.05) is 44.2 Å². The molecule has 4 rings (SSSR count). The lowest BCUT2D eigenvalue weighted by Crippen LogP contribution is -2.48. The van der Waals surface area contributed by atoms with E-state index in [1.54, 1.807) is 4.90 Å². The molecule has 4 amide bonds. The zero-order chi connectivity index (χ0) is 19.7. The SMILES string of the molecule is O=C(CCCN1C(=O)C2CCCN2C1=O)N1CCN(c2cccc(Cl)c2)CC1. The van der Waals surface area contributed by atoms with Crippen LogP contribution < -0.4 is 4.90 Å². The number of hydrogen-bond acceptors (Lipinski definition) is 4. The molecule has 3 aliphatic heterocycles. The van der Waals surface area contributed by atoms with Crippen molar-refractivity contribution in [3.05, 3.63) is 29.3 Å². The van der Waals surface area contributed by atoms with Crippen LogP contribution in [0, 0.1) is 0 Å². The van der Waals surface area contributed by atoms with Gasteiger partial charge in [-0.05, 0) is 37.5 Å². The summed E-state index contributed by atoms with van der Waals surface area (Å²) in [4.78, 5) is 44.2. The third-order valence-electron chi connectivity index (χ3n) is 5.86. The molecule has 0 spiro atoms.